The van der Waals surface area contributed by atoms with Crippen molar-refractivity contribution in [2.24, 2.45) is 5.41 Å². The van der Waals surface area contributed by atoms with Gasteiger partial charge in [0.25, 0.3) is 5.91 Å². The Labute approximate surface area is 162 Å². The quantitative estimate of drug-likeness (QED) is 0.873. The Morgan fingerprint density at radius 1 is 1.30 bits per heavy atom. The van der Waals surface area contributed by atoms with Crippen molar-refractivity contribution in [3.8, 4) is 0 Å². The van der Waals surface area contributed by atoms with Crippen LogP contribution in [0.3, 0.4) is 0 Å². The molecule has 2 aromatic rings. The first-order chi connectivity index (χ1) is 13.1. The molecule has 0 aliphatic carbocycles. The molecule has 2 amide bonds. The van der Waals surface area contributed by atoms with Gasteiger partial charge in [-0.15, -0.1) is 0 Å². The van der Waals surface area contributed by atoms with Gasteiger partial charge in [0.15, 0.2) is 0 Å². The van der Waals surface area contributed by atoms with E-state index < -0.39 is 0 Å². The smallest absolute Gasteiger partial charge is 0.257 e. The molecule has 6 nitrogen and oxygen atoms in total. The van der Waals surface area contributed by atoms with E-state index in [9.17, 15) is 14.7 Å². The van der Waals surface area contributed by atoms with E-state index in [0.29, 0.717) is 31.6 Å². The normalized spacial score (nSPS) is 25.3. The molecule has 0 spiro atoms. The summed E-state index contributed by atoms with van der Waals surface area (Å²) in [4.78, 5) is 29.5. The minimum atomic E-state index is -0.323. The van der Waals surface area contributed by atoms with E-state index in [1.807, 2.05) is 26.6 Å². The lowest BCUT2D eigenvalue weighted by atomic mass is 9.68. The Bertz CT molecular complexity index is 789. The topological polar surface area (TPSA) is 74.0 Å². The average molecular weight is 388 g/mol. The number of amides is 2. The predicted molar refractivity (Wildman–Crippen MR) is 102 cm³/mol. The molecule has 0 saturated carbocycles. The van der Waals surface area contributed by atoms with Gasteiger partial charge in [-0.3, -0.25) is 9.59 Å². The second-order valence-electron chi connectivity index (χ2n) is 7.55. The number of hydrogen-bond acceptors (Lipinski definition) is 5. The number of likely N-dealkylation sites (tertiary alicyclic amines) is 2. The average Bonchev–Trinajstić information content (AvgIpc) is 3.40. The maximum Gasteiger partial charge on any atom is 0.257 e. The highest BCUT2D eigenvalue weighted by Gasteiger charge is 2.49. The second kappa shape index (κ2) is 7.48. The van der Waals surface area contributed by atoms with Gasteiger partial charge in [-0.25, -0.2) is 0 Å². The summed E-state index contributed by atoms with van der Waals surface area (Å²) in [5.41, 5.74) is 1.22. The summed E-state index contributed by atoms with van der Waals surface area (Å²) in [7, 11) is 0. The molecular formula is C20H24N2O4S. The van der Waals surface area contributed by atoms with Crippen LogP contribution in [0.25, 0.3) is 0 Å². The number of furan rings is 1. The van der Waals surface area contributed by atoms with Crippen molar-refractivity contribution in [1.82, 2.24) is 9.80 Å². The summed E-state index contributed by atoms with van der Waals surface area (Å²) in [6, 6.07) is 3.47. The summed E-state index contributed by atoms with van der Waals surface area (Å²) in [5.74, 6) is -0.000341. The first kappa shape index (κ1) is 18.3. The fourth-order valence-electron chi connectivity index (χ4n) is 4.46. The van der Waals surface area contributed by atoms with E-state index in [0.717, 1.165) is 24.8 Å². The Morgan fingerprint density at radius 3 is 2.89 bits per heavy atom. The third-order valence-corrected chi connectivity index (χ3v) is 6.79. The molecule has 2 atom stereocenters. The van der Waals surface area contributed by atoms with Crippen LogP contribution < -0.4 is 0 Å². The Hall–Kier alpha value is -2.12. The zero-order valence-corrected chi connectivity index (χ0v) is 16.0. The van der Waals surface area contributed by atoms with Crippen molar-refractivity contribution < 1.29 is 19.1 Å². The maximum atomic E-state index is 13.0. The summed E-state index contributed by atoms with van der Waals surface area (Å²) in [5, 5.41) is 14.2. The first-order valence-electron chi connectivity index (χ1n) is 9.36. The number of nitrogens with zero attached hydrogens (tertiary/aromatic N) is 2. The molecule has 7 heteroatoms. The Morgan fingerprint density at radius 2 is 2.19 bits per heavy atom. The number of rotatable bonds is 4. The minimum absolute atomic E-state index is 0.0411. The molecule has 2 saturated heterocycles. The van der Waals surface area contributed by atoms with Gasteiger partial charge in [-0.1, -0.05) is 0 Å². The van der Waals surface area contributed by atoms with Crippen LogP contribution in [0.5, 0.6) is 0 Å². The molecule has 144 valence electrons. The number of carbonyl (C=O) groups excluding carboxylic acids is 2. The van der Waals surface area contributed by atoms with Gasteiger partial charge in [-0.05, 0) is 47.7 Å². The highest BCUT2D eigenvalue weighted by Crippen LogP contribution is 2.42. The third kappa shape index (κ3) is 3.41. The fraction of sp³-hybridized carbons (Fsp3) is 0.500. The minimum Gasteiger partial charge on any atom is -0.472 e. The molecule has 2 aliphatic rings. The molecular weight excluding hydrogens is 364 g/mol. The van der Waals surface area contributed by atoms with Crippen LogP contribution in [0.1, 0.15) is 35.2 Å². The standard InChI is InChI=1S/C20H24N2O4S/c23-14-20-4-1-6-22(19(25)16-2-8-26-12-16)17(20)11-21(7-5-20)18(24)10-15-3-9-27-13-15/h2-3,8-9,12-13,17,23H,1,4-7,10-11,14H2/t17-,20+/m0/s1. The lowest BCUT2D eigenvalue weighted by Gasteiger charge is -2.54. The zero-order chi connectivity index (χ0) is 18.9. The fourth-order valence-corrected chi connectivity index (χ4v) is 5.13. The van der Waals surface area contributed by atoms with Gasteiger partial charge in [0.2, 0.25) is 5.91 Å². The molecule has 2 aromatic heterocycles. The lowest BCUT2D eigenvalue weighted by Crippen LogP contribution is -2.64. The Balaban J connectivity index is 1.55. The van der Waals surface area contributed by atoms with E-state index in [-0.39, 0.29) is 29.9 Å². The lowest BCUT2D eigenvalue weighted by molar-refractivity contribution is -0.138. The van der Waals surface area contributed by atoms with Crippen LogP contribution in [-0.4, -0.2) is 59.0 Å². The number of aliphatic hydroxyl groups excluding tert-OH is 1. The molecule has 0 bridgehead atoms. The van der Waals surface area contributed by atoms with Gasteiger partial charge in [0, 0.05) is 25.0 Å². The Kier molecular flexibility index (Phi) is 5.06. The number of aliphatic hydroxyl groups is 1. The van der Waals surface area contributed by atoms with Crippen LogP contribution >= 0.6 is 11.3 Å². The molecule has 27 heavy (non-hydrogen) atoms. The summed E-state index contributed by atoms with van der Waals surface area (Å²) >= 11 is 1.59. The number of thiophene rings is 1. The van der Waals surface area contributed by atoms with Gasteiger partial charge >= 0.3 is 0 Å². The molecule has 2 fully saturated rings. The van der Waals surface area contributed by atoms with Crippen molar-refractivity contribution in [3.63, 3.8) is 0 Å². The molecule has 0 radical (unpaired) electrons. The zero-order valence-electron chi connectivity index (χ0n) is 15.2. The molecule has 0 aromatic carbocycles. The van der Waals surface area contributed by atoms with Crippen molar-refractivity contribution in [1.29, 1.82) is 0 Å². The van der Waals surface area contributed by atoms with Crippen molar-refractivity contribution >= 4 is 23.2 Å². The SMILES string of the molecule is O=C(Cc1ccsc1)N1CC[C@@]2(CO)CCCN(C(=O)c3ccoc3)[C@H]2C1. The van der Waals surface area contributed by atoms with E-state index in [1.54, 1.807) is 17.4 Å². The summed E-state index contributed by atoms with van der Waals surface area (Å²) in [6.07, 6.45) is 5.81. The molecule has 4 heterocycles. The third-order valence-electron chi connectivity index (χ3n) is 6.06. The molecule has 0 unspecified atom stereocenters. The first-order valence-corrected chi connectivity index (χ1v) is 10.3. The van der Waals surface area contributed by atoms with Crippen LogP contribution in [0.15, 0.2) is 39.8 Å². The molecule has 2 aliphatic heterocycles. The monoisotopic (exact) mass is 388 g/mol. The summed E-state index contributed by atoms with van der Waals surface area (Å²) in [6.45, 7) is 1.79. The highest BCUT2D eigenvalue weighted by atomic mass is 32.1. The van der Waals surface area contributed by atoms with Crippen molar-refractivity contribution in [2.75, 3.05) is 26.2 Å². The number of carbonyl (C=O) groups is 2. The van der Waals surface area contributed by atoms with Crippen LogP contribution in [0, 0.1) is 5.41 Å². The van der Waals surface area contributed by atoms with Crippen molar-refractivity contribution in [3.05, 3.63) is 46.5 Å². The number of fused-ring (bicyclic) bond motifs is 1. The molecule has 1 N–H and O–H groups in total. The van der Waals surface area contributed by atoms with Crippen LogP contribution in [0.4, 0.5) is 0 Å². The number of hydrogen-bond donors (Lipinski definition) is 1. The highest BCUT2D eigenvalue weighted by molar-refractivity contribution is 7.08. The largest absolute Gasteiger partial charge is 0.472 e. The number of piperidine rings is 2. The van der Waals surface area contributed by atoms with E-state index in [4.69, 9.17) is 4.42 Å². The predicted octanol–water partition coefficient (Wildman–Crippen LogP) is 2.40. The van der Waals surface area contributed by atoms with Crippen LogP contribution in [0.2, 0.25) is 0 Å². The van der Waals surface area contributed by atoms with Gasteiger partial charge in [0.05, 0.1) is 30.9 Å². The van der Waals surface area contributed by atoms with Gasteiger partial charge in [0.1, 0.15) is 6.26 Å². The van der Waals surface area contributed by atoms with E-state index >= 15 is 0 Å². The van der Waals surface area contributed by atoms with E-state index in [2.05, 4.69) is 0 Å². The van der Waals surface area contributed by atoms with Gasteiger partial charge < -0.3 is 19.3 Å². The molecule has 4 rings (SSSR count). The maximum absolute atomic E-state index is 13.0. The van der Waals surface area contributed by atoms with Crippen molar-refractivity contribution in [2.45, 2.75) is 31.7 Å². The van der Waals surface area contributed by atoms with Crippen LogP contribution in [-0.2, 0) is 11.2 Å². The second-order valence-corrected chi connectivity index (χ2v) is 8.33. The summed E-state index contributed by atoms with van der Waals surface area (Å²) < 4.78 is 5.07. The van der Waals surface area contributed by atoms with Gasteiger partial charge in [-0.2, -0.15) is 11.3 Å². The van der Waals surface area contributed by atoms with E-state index in [1.165, 1.54) is 12.5 Å².